The Bertz CT molecular complexity index is 922. The van der Waals surface area contributed by atoms with Gasteiger partial charge in [0.15, 0.2) is 0 Å². The van der Waals surface area contributed by atoms with Crippen LogP contribution in [0.2, 0.25) is 0 Å². The van der Waals surface area contributed by atoms with Crippen LogP contribution in [0.4, 0.5) is 0 Å². The molecule has 0 spiro atoms. The van der Waals surface area contributed by atoms with Crippen molar-refractivity contribution in [2.45, 2.75) is 6.54 Å². The van der Waals surface area contributed by atoms with E-state index in [1.54, 1.807) is 12.1 Å². The number of hydrogen-bond acceptors (Lipinski definition) is 5. The monoisotopic (exact) mass is 350 g/mol. The topological polar surface area (TPSA) is 66.8 Å². The molecule has 0 saturated heterocycles. The zero-order valence-electron chi connectivity index (χ0n) is 13.3. The fourth-order valence-corrected chi connectivity index (χ4v) is 3.74. The van der Waals surface area contributed by atoms with E-state index in [-0.39, 0.29) is 29.7 Å². The number of rotatable bonds is 4. The first-order chi connectivity index (χ1) is 12.1. The van der Waals surface area contributed by atoms with Crippen molar-refractivity contribution in [1.82, 2.24) is 4.90 Å². The van der Waals surface area contributed by atoms with Crippen LogP contribution in [0.25, 0.3) is 0 Å². The van der Waals surface area contributed by atoms with Gasteiger partial charge in [-0.25, -0.2) is 0 Å². The molecule has 0 N–H and O–H groups in total. The number of Topliss-reactive ketones (excluding diaryl/α,β-unsaturated/α-hetero) is 1. The zero-order chi connectivity index (χ0) is 17.4. The molecule has 0 radical (unpaired) electrons. The number of fused-ring (bicyclic) bond motifs is 1. The lowest BCUT2D eigenvalue weighted by Crippen LogP contribution is -2.29. The Kier molecular flexibility index (Phi) is 3.97. The molecule has 0 unspecified atom stereocenters. The van der Waals surface area contributed by atoms with E-state index in [1.165, 1.54) is 22.7 Å². The maximum Gasteiger partial charge on any atom is 0.261 e. The van der Waals surface area contributed by atoms with E-state index in [0.717, 1.165) is 11.3 Å². The fraction of sp³-hybridized carbons (Fsp3) is 0.158. The standard InChI is InChI=1S/C19H14N2O3S/c22-16(17-20-8-9-25-17)13-6-7-14-15(10-13)19(24)21(18(14)23)11-12-4-2-1-3-5-12/h1-7,10H,8-9,11H2. The lowest BCUT2D eigenvalue weighted by Gasteiger charge is -2.13. The summed E-state index contributed by atoms with van der Waals surface area (Å²) in [5, 5.41) is 0.470. The second-order valence-electron chi connectivity index (χ2n) is 5.81. The molecule has 0 atom stereocenters. The summed E-state index contributed by atoms with van der Waals surface area (Å²) in [6, 6.07) is 14.0. The number of carbonyl (C=O) groups excluding carboxylic acids is 3. The highest BCUT2D eigenvalue weighted by atomic mass is 32.2. The molecule has 0 aliphatic carbocycles. The molecular weight excluding hydrogens is 336 g/mol. The van der Waals surface area contributed by atoms with Gasteiger partial charge in [-0.2, -0.15) is 0 Å². The molecule has 0 fully saturated rings. The molecule has 2 amide bonds. The van der Waals surface area contributed by atoms with Gasteiger partial charge in [-0.15, -0.1) is 11.8 Å². The van der Waals surface area contributed by atoms with E-state index in [0.29, 0.717) is 22.7 Å². The predicted molar refractivity (Wildman–Crippen MR) is 96.2 cm³/mol. The number of thioether (sulfide) groups is 1. The Hall–Kier alpha value is -2.73. The third-order valence-corrected chi connectivity index (χ3v) is 5.17. The summed E-state index contributed by atoms with van der Waals surface area (Å²) in [7, 11) is 0. The predicted octanol–water partition coefficient (Wildman–Crippen LogP) is 2.81. The molecule has 124 valence electrons. The van der Waals surface area contributed by atoms with Gasteiger partial charge in [0.2, 0.25) is 5.78 Å². The summed E-state index contributed by atoms with van der Waals surface area (Å²) in [4.78, 5) is 43.0. The number of hydrogen-bond donors (Lipinski definition) is 0. The molecule has 2 aromatic carbocycles. The SMILES string of the molecule is O=C(C1=NCCS1)c1ccc2c(c1)C(=O)N(Cc1ccccc1)C2=O. The average molecular weight is 350 g/mol. The van der Waals surface area contributed by atoms with Crippen LogP contribution in [0.5, 0.6) is 0 Å². The first kappa shape index (κ1) is 15.8. The first-order valence-electron chi connectivity index (χ1n) is 7.91. The molecule has 0 aromatic heterocycles. The highest BCUT2D eigenvalue weighted by Gasteiger charge is 2.36. The van der Waals surface area contributed by atoms with E-state index in [9.17, 15) is 14.4 Å². The minimum Gasteiger partial charge on any atom is -0.286 e. The number of imide groups is 1. The van der Waals surface area contributed by atoms with Crippen LogP contribution >= 0.6 is 11.8 Å². The number of carbonyl (C=O) groups is 3. The number of nitrogens with zero attached hydrogens (tertiary/aromatic N) is 2. The fourth-order valence-electron chi connectivity index (χ4n) is 2.94. The smallest absolute Gasteiger partial charge is 0.261 e. The molecular formula is C19H14N2O3S. The highest BCUT2D eigenvalue weighted by Crippen LogP contribution is 2.27. The summed E-state index contributed by atoms with van der Waals surface area (Å²) in [5.41, 5.74) is 1.91. The van der Waals surface area contributed by atoms with Crippen LogP contribution in [0.1, 0.15) is 36.6 Å². The van der Waals surface area contributed by atoms with Gasteiger partial charge in [0.05, 0.1) is 17.7 Å². The molecule has 2 aromatic rings. The Morgan fingerprint density at radius 1 is 1.04 bits per heavy atom. The molecule has 2 aliphatic rings. The summed E-state index contributed by atoms with van der Waals surface area (Å²) in [6.07, 6.45) is 0. The quantitative estimate of drug-likeness (QED) is 0.628. The average Bonchev–Trinajstić information content (AvgIpc) is 3.26. The number of aliphatic imine (C=N–C) groups is 1. The van der Waals surface area contributed by atoms with Gasteiger partial charge in [-0.3, -0.25) is 24.3 Å². The summed E-state index contributed by atoms with van der Waals surface area (Å²) < 4.78 is 0. The Morgan fingerprint density at radius 2 is 1.80 bits per heavy atom. The van der Waals surface area contributed by atoms with Crippen molar-refractivity contribution in [2.24, 2.45) is 4.99 Å². The van der Waals surface area contributed by atoms with Crippen molar-refractivity contribution < 1.29 is 14.4 Å². The maximum absolute atomic E-state index is 12.7. The lowest BCUT2D eigenvalue weighted by atomic mass is 10.0. The molecule has 0 bridgehead atoms. The molecule has 0 saturated carbocycles. The second-order valence-corrected chi connectivity index (χ2v) is 6.89. The number of ketones is 1. The Labute approximate surface area is 148 Å². The normalized spacial score (nSPS) is 16.2. The molecule has 6 heteroatoms. The van der Waals surface area contributed by atoms with E-state index in [2.05, 4.69) is 4.99 Å². The summed E-state index contributed by atoms with van der Waals surface area (Å²) >= 11 is 1.42. The first-order valence-corrected chi connectivity index (χ1v) is 8.90. The molecule has 5 nitrogen and oxygen atoms in total. The van der Waals surface area contributed by atoms with Crippen LogP contribution < -0.4 is 0 Å². The highest BCUT2D eigenvalue weighted by molar-refractivity contribution is 8.16. The third kappa shape index (κ3) is 2.78. The summed E-state index contributed by atoms with van der Waals surface area (Å²) in [5.74, 6) is -0.0733. The van der Waals surface area contributed by atoms with E-state index in [1.807, 2.05) is 30.3 Å². The van der Waals surface area contributed by atoms with Crippen LogP contribution in [-0.2, 0) is 6.54 Å². The van der Waals surface area contributed by atoms with E-state index in [4.69, 9.17) is 0 Å². The van der Waals surface area contributed by atoms with Gasteiger partial charge in [0, 0.05) is 17.9 Å². The summed E-state index contributed by atoms with van der Waals surface area (Å²) in [6.45, 7) is 0.859. The van der Waals surface area contributed by atoms with Gasteiger partial charge < -0.3 is 0 Å². The van der Waals surface area contributed by atoms with Gasteiger partial charge >= 0.3 is 0 Å². The molecule has 25 heavy (non-hydrogen) atoms. The van der Waals surface area contributed by atoms with Gasteiger partial charge in [-0.1, -0.05) is 36.4 Å². The Balaban J connectivity index is 1.63. The molecule has 2 heterocycles. The van der Waals surface area contributed by atoms with Crippen LogP contribution in [0.15, 0.2) is 53.5 Å². The zero-order valence-corrected chi connectivity index (χ0v) is 14.1. The van der Waals surface area contributed by atoms with E-state index >= 15 is 0 Å². The molecule has 4 rings (SSSR count). The van der Waals surface area contributed by atoms with Crippen LogP contribution in [0.3, 0.4) is 0 Å². The van der Waals surface area contributed by atoms with Gasteiger partial charge in [0.25, 0.3) is 11.8 Å². The van der Waals surface area contributed by atoms with Gasteiger partial charge in [-0.05, 0) is 17.7 Å². The third-order valence-electron chi connectivity index (χ3n) is 4.20. The van der Waals surface area contributed by atoms with Crippen molar-refractivity contribution >= 4 is 34.4 Å². The van der Waals surface area contributed by atoms with Crippen molar-refractivity contribution in [3.05, 3.63) is 70.8 Å². The minimum atomic E-state index is -0.362. The van der Waals surface area contributed by atoms with Crippen molar-refractivity contribution in [3.63, 3.8) is 0 Å². The van der Waals surface area contributed by atoms with E-state index < -0.39 is 0 Å². The maximum atomic E-state index is 12.7. The van der Waals surface area contributed by atoms with Crippen LogP contribution in [0, 0.1) is 0 Å². The van der Waals surface area contributed by atoms with Gasteiger partial charge in [0.1, 0.15) is 5.04 Å². The largest absolute Gasteiger partial charge is 0.286 e. The van der Waals surface area contributed by atoms with Crippen LogP contribution in [-0.4, -0.2) is 39.8 Å². The number of benzene rings is 2. The Morgan fingerprint density at radius 3 is 2.52 bits per heavy atom. The van der Waals surface area contributed by atoms with Crippen molar-refractivity contribution in [1.29, 1.82) is 0 Å². The van der Waals surface area contributed by atoms with Crippen molar-refractivity contribution in [3.8, 4) is 0 Å². The minimum absolute atomic E-state index is 0.188. The molecule has 2 aliphatic heterocycles. The second kappa shape index (κ2) is 6.29. The number of amides is 2. The lowest BCUT2D eigenvalue weighted by molar-refractivity contribution is 0.0642. The van der Waals surface area contributed by atoms with Crippen molar-refractivity contribution in [2.75, 3.05) is 12.3 Å².